The van der Waals surface area contributed by atoms with Crippen molar-refractivity contribution >= 4 is 17.5 Å². The van der Waals surface area contributed by atoms with Crippen molar-refractivity contribution in [2.24, 2.45) is 0 Å². The number of pyridine rings is 1. The van der Waals surface area contributed by atoms with Crippen LogP contribution in [0.3, 0.4) is 0 Å². The van der Waals surface area contributed by atoms with Crippen LogP contribution in [0, 0.1) is 6.92 Å². The van der Waals surface area contributed by atoms with Gasteiger partial charge >= 0.3 is 0 Å². The summed E-state index contributed by atoms with van der Waals surface area (Å²) in [5, 5.41) is 3.76. The van der Waals surface area contributed by atoms with E-state index in [1.165, 1.54) is 0 Å². The van der Waals surface area contributed by atoms with Gasteiger partial charge in [-0.1, -0.05) is 35.9 Å². The van der Waals surface area contributed by atoms with E-state index in [-0.39, 0.29) is 18.1 Å². The monoisotopic (exact) mass is 358 g/mol. The molecule has 1 amide bonds. The van der Waals surface area contributed by atoms with Crippen LogP contribution in [0.25, 0.3) is 0 Å². The Morgan fingerprint density at radius 3 is 2.64 bits per heavy atom. The Labute approximate surface area is 153 Å². The number of nitrogens with zero attached hydrogens (tertiary/aromatic N) is 1. The van der Waals surface area contributed by atoms with Gasteiger partial charge in [0.1, 0.15) is 6.10 Å². The van der Waals surface area contributed by atoms with Gasteiger partial charge in [-0.25, -0.2) is 4.98 Å². The molecule has 0 bridgehead atoms. The molecule has 1 aliphatic carbocycles. The van der Waals surface area contributed by atoms with E-state index in [1.54, 1.807) is 0 Å². The minimum atomic E-state index is 0.0256. The molecule has 25 heavy (non-hydrogen) atoms. The first-order valence-electron chi connectivity index (χ1n) is 8.72. The standard InChI is InChI=1S/C20H23ClN2O2/c1-14-6-11-20(22-13-14)25-17-9-7-16(8-10-17)23-19(24)12-15-4-2-3-5-18(15)21/h2-6,11,13,16-17H,7-10,12H2,1H3,(H,23,24). The molecule has 1 aliphatic rings. The molecule has 1 aromatic heterocycles. The van der Waals surface area contributed by atoms with Crippen molar-refractivity contribution in [2.45, 2.75) is 51.2 Å². The molecule has 0 aliphatic heterocycles. The zero-order chi connectivity index (χ0) is 17.6. The normalized spacial score (nSPS) is 20.1. The third-order valence-corrected chi connectivity index (χ3v) is 4.89. The van der Waals surface area contributed by atoms with Crippen LogP contribution in [0.15, 0.2) is 42.6 Å². The van der Waals surface area contributed by atoms with Gasteiger partial charge in [-0.3, -0.25) is 4.79 Å². The van der Waals surface area contributed by atoms with Gasteiger partial charge < -0.3 is 10.1 Å². The Balaban J connectivity index is 1.43. The van der Waals surface area contributed by atoms with Gasteiger partial charge in [0, 0.05) is 23.3 Å². The molecule has 0 saturated heterocycles. The summed E-state index contributed by atoms with van der Waals surface area (Å²) in [6.07, 6.45) is 6.00. The highest BCUT2D eigenvalue weighted by Crippen LogP contribution is 2.23. The van der Waals surface area contributed by atoms with Crippen LogP contribution in [0.4, 0.5) is 0 Å². The van der Waals surface area contributed by atoms with Gasteiger partial charge in [-0.15, -0.1) is 0 Å². The van der Waals surface area contributed by atoms with Gasteiger partial charge in [0.05, 0.1) is 6.42 Å². The van der Waals surface area contributed by atoms with Crippen molar-refractivity contribution in [3.63, 3.8) is 0 Å². The number of carbonyl (C=O) groups excluding carboxylic acids is 1. The summed E-state index contributed by atoms with van der Waals surface area (Å²) in [7, 11) is 0. The van der Waals surface area contributed by atoms with E-state index in [0.29, 0.717) is 17.3 Å². The number of rotatable bonds is 5. The van der Waals surface area contributed by atoms with Crippen LogP contribution < -0.4 is 10.1 Å². The number of halogens is 1. The van der Waals surface area contributed by atoms with E-state index in [0.717, 1.165) is 36.8 Å². The van der Waals surface area contributed by atoms with Gasteiger partial charge in [0.25, 0.3) is 0 Å². The van der Waals surface area contributed by atoms with Gasteiger partial charge in [0.2, 0.25) is 11.8 Å². The zero-order valence-electron chi connectivity index (χ0n) is 14.4. The van der Waals surface area contributed by atoms with E-state index in [2.05, 4.69) is 10.3 Å². The second-order valence-electron chi connectivity index (χ2n) is 6.60. The zero-order valence-corrected chi connectivity index (χ0v) is 15.1. The van der Waals surface area contributed by atoms with Gasteiger partial charge in [-0.2, -0.15) is 0 Å². The maximum absolute atomic E-state index is 12.2. The van der Waals surface area contributed by atoms with Crippen LogP contribution in [0.5, 0.6) is 5.88 Å². The minimum Gasteiger partial charge on any atom is -0.474 e. The molecule has 1 heterocycles. The van der Waals surface area contributed by atoms with Crippen molar-refractivity contribution in [3.8, 4) is 5.88 Å². The van der Waals surface area contributed by atoms with Gasteiger partial charge in [0.15, 0.2) is 0 Å². The lowest BCUT2D eigenvalue weighted by Gasteiger charge is -2.29. The molecular formula is C20H23ClN2O2. The number of nitrogens with one attached hydrogen (secondary N) is 1. The molecule has 2 aromatic rings. The van der Waals surface area contributed by atoms with E-state index >= 15 is 0 Å². The van der Waals surface area contributed by atoms with Gasteiger partial charge in [-0.05, 0) is 49.8 Å². The third kappa shape index (κ3) is 5.20. The third-order valence-electron chi connectivity index (χ3n) is 4.52. The number of amides is 1. The smallest absolute Gasteiger partial charge is 0.224 e. The summed E-state index contributed by atoms with van der Waals surface area (Å²) >= 11 is 6.11. The molecule has 4 nitrogen and oxygen atoms in total. The average Bonchev–Trinajstić information content (AvgIpc) is 2.61. The fourth-order valence-electron chi connectivity index (χ4n) is 3.11. The van der Waals surface area contributed by atoms with Crippen molar-refractivity contribution in [1.29, 1.82) is 0 Å². The molecule has 1 aromatic carbocycles. The van der Waals surface area contributed by atoms with Crippen LogP contribution in [-0.2, 0) is 11.2 Å². The summed E-state index contributed by atoms with van der Waals surface area (Å²) in [5.74, 6) is 0.703. The highest BCUT2D eigenvalue weighted by atomic mass is 35.5. The van der Waals surface area contributed by atoms with E-state index in [9.17, 15) is 4.79 Å². The minimum absolute atomic E-state index is 0.0256. The fraction of sp³-hybridized carbons (Fsp3) is 0.400. The summed E-state index contributed by atoms with van der Waals surface area (Å²) in [6.45, 7) is 2.01. The predicted molar refractivity (Wildman–Crippen MR) is 98.9 cm³/mol. The first-order valence-corrected chi connectivity index (χ1v) is 9.10. The Bertz CT molecular complexity index is 710. The maximum atomic E-state index is 12.2. The summed E-state index contributed by atoms with van der Waals surface area (Å²) in [5.41, 5.74) is 1.99. The number of carbonyl (C=O) groups is 1. The predicted octanol–water partition coefficient (Wildman–Crippen LogP) is 4.09. The number of hydrogen-bond acceptors (Lipinski definition) is 3. The lowest BCUT2D eigenvalue weighted by molar-refractivity contribution is -0.121. The molecule has 3 rings (SSSR count). The Morgan fingerprint density at radius 2 is 1.96 bits per heavy atom. The van der Waals surface area contributed by atoms with Crippen molar-refractivity contribution in [2.75, 3.05) is 0 Å². The summed E-state index contributed by atoms with van der Waals surface area (Å²) in [4.78, 5) is 16.5. The number of aryl methyl sites for hydroxylation is 1. The van der Waals surface area contributed by atoms with Crippen LogP contribution in [0.2, 0.25) is 5.02 Å². The van der Waals surface area contributed by atoms with Crippen molar-refractivity contribution in [1.82, 2.24) is 10.3 Å². The van der Waals surface area contributed by atoms with Crippen molar-refractivity contribution in [3.05, 3.63) is 58.7 Å². The SMILES string of the molecule is Cc1ccc(OC2CCC(NC(=O)Cc3ccccc3Cl)CC2)nc1. The molecule has 1 N–H and O–H groups in total. The van der Waals surface area contributed by atoms with Crippen LogP contribution in [0.1, 0.15) is 36.8 Å². The number of aromatic nitrogens is 1. The quantitative estimate of drug-likeness (QED) is 0.875. The van der Waals surface area contributed by atoms with Crippen LogP contribution in [-0.4, -0.2) is 23.0 Å². The lowest BCUT2D eigenvalue weighted by atomic mass is 9.92. The first-order chi connectivity index (χ1) is 12.1. The second-order valence-corrected chi connectivity index (χ2v) is 7.01. The molecule has 0 spiro atoms. The highest BCUT2D eigenvalue weighted by molar-refractivity contribution is 6.31. The lowest BCUT2D eigenvalue weighted by Crippen LogP contribution is -2.40. The molecule has 132 valence electrons. The number of hydrogen-bond donors (Lipinski definition) is 1. The first kappa shape index (κ1) is 17.7. The Kier molecular flexibility index (Phi) is 5.92. The highest BCUT2D eigenvalue weighted by Gasteiger charge is 2.24. The van der Waals surface area contributed by atoms with Crippen LogP contribution >= 0.6 is 11.6 Å². The molecule has 0 atom stereocenters. The van der Waals surface area contributed by atoms with E-state index in [1.807, 2.05) is 49.5 Å². The Hall–Kier alpha value is -2.07. The maximum Gasteiger partial charge on any atom is 0.224 e. The number of benzene rings is 1. The molecule has 5 heteroatoms. The second kappa shape index (κ2) is 8.34. The molecule has 1 saturated carbocycles. The van der Waals surface area contributed by atoms with Crippen molar-refractivity contribution < 1.29 is 9.53 Å². The fourth-order valence-corrected chi connectivity index (χ4v) is 3.32. The Morgan fingerprint density at radius 1 is 1.20 bits per heavy atom. The van der Waals surface area contributed by atoms with E-state index in [4.69, 9.17) is 16.3 Å². The average molecular weight is 359 g/mol. The molecule has 0 unspecified atom stereocenters. The summed E-state index contributed by atoms with van der Waals surface area (Å²) in [6, 6.07) is 11.6. The topological polar surface area (TPSA) is 51.2 Å². The molecule has 0 radical (unpaired) electrons. The summed E-state index contributed by atoms with van der Waals surface area (Å²) < 4.78 is 5.93. The van der Waals surface area contributed by atoms with E-state index < -0.39 is 0 Å². The molecule has 1 fully saturated rings. The largest absolute Gasteiger partial charge is 0.474 e. The molecular weight excluding hydrogens is 336 g/mol. The number of ether oxygens (including phenoxy) is 1.